The number of rotatable bonds is 4. The molecule has 0 aromatic heterocycles. The van der Waals surface area contributed by atoms with E-state index in [-0.39, 0.29) is 24.0 Å². The van der Waals surface area contributed by atoms with Gasteiger partial charge in [0.1, 0.15) is 0 Å². The second-order valence-corrected chi connectivity index (χ2v) is 5.96. The maximum absolute atomic E-state index is 11.8. The number of benzene rings is 1. The molecule has 4 heteroatoms. The Labute approximate surface area is 116 Å². The van der Waals surface area contributed by atoms with Crippen molar-refractivity contribution in [2.45, 2.75) is 44.2 Å². The Balaban J connectivity index is 1.81. The van der Waals surface area contributed by atoms with Crippen LogP contribution in [0.2, 0.25) is 0 Å². The molecule has 0 bridgehead atoms. The predicted molar refractivity (Wildman–Crippen MR) is 74.3 cm³/mol. The molecule has 1 aliphatic rings. The second-order valence-electron chi connectivity index (χ2n) is 5.05. The first-order chi connectivity index (χ1) is 8.54. The van der Waals surface area contributed by atoms with Crippen molar-refractivity contribution in [3.63, 3.8) is 0 Å². The minimum absolute atomic E-state index is 0.0716. The zero-order chi connectivity index (χ0) is 13.1. The average Bonchev–Trinajstić information content (AvgIpc) is 2.27. The van der Waals surface area contributed by atoms with Crippen LogP contribution < -0.4 is 5.32 Å². The first kappa shape index (κ1) is 13.6. The summed E-state index contributed by atoms with van der Waals surface area (Å²) >= 11 is 3.40. The van der Waals surface area contributed by atoms with Gasteiger partial charge in [0, 0.05) is 16.9 Å². The maximum Gasteiger partial charge on any atom is 0.220 e. The van der Waals surface area contributed by atoms with E-state index in [0.29, 0.717) is 19.3 Å². The number of aliphatic hydroxyl groups is 1. The Kier molecular flexibility index (Phi) is 4.40. The first-order valence-corrected chi connectivity index (χ1v) is 7.07. The number of amides is 1. The topological polar surface area (TPSA) is 49.3 Å². The highest BCUT2D eigenvalue weighted by atomic mass is 79.9. The summed E-state index contributed by atoms with van der Waals surface area (Å²) in [5, 5.41) is 12.1. The average molecular weight is 312 g/mol. The molecule has 1 amide bonds. The van der Waals surface area contributed by atoms with E-state index < -0.39 is 0 Å². The van der Waals surface area contributed by atoms with Crippen LogP contribution in [0.3, 0.4) is 0 Å². The molecule has 1 aromatic rings. The molecule has 0 heterocycles. The largest absolute Gasteiger partial charge is 0.393 e. The van der Waals surface area contributed by atoms with Gasteiger partial charge in [0.05, 0.1) is 6.10 Å². The Morgan fingerprint density at radius 3 is 2.61 bits per heavy atom. The number of carbonyl (C=O) groups is 1. The highest BCUT2D eigenvalue weighted by Crippen LogP contribution is 2.23. The molecule has 1 unspecified atom stereocenters. The predicted octanol–water partition coefficient (Wildman–Crippen LogP) is 2.58. The van der Waals surface area contributed by atoms with Crippen LogP contribution in [-0.2, 0) is 4.79 Å². The summed E-state index contributed by atoms with van der Waals surface area (Å²) in [6.07, 6.45) is 1.66. The van der Waals surface area contributed by atoms with E-state index in [1.165, 1.54) is 5.56 Å². The fraction of sp³-hybridized carbons (Fsp3) is 0.500. The fourth-order valence-electron chi connectivity index (χ4n) is 2.18. The number of hydrogen-bond donors (Lipinski definition) is 2. The van der Waals surface area contributed by atoms with Crippen LogP contribution >= 0.6 is 15.9 Å². The lowest BCUT2D eigenvalue weighted by Crippen LogP contribution is -2.46. The summed E-state index contributed by atoms with van der Waals surface area (Å²) in [5.41, 5.74) is 1.17. The summed E-state index contributed by atoms with van der Waals surface area (Å²) in [6, 6.07) is 8.23. The van der Waals surface area contributed by atoms with E-state index in [0.717, 1.165) is 4.47 Å². The van der Waals surface area contributed by atoms with Crippen LogP contribution in [0.1, 0.15) is 37.7 Å². The molecular weight excluding hydrogens is 294 g/mol. The molecule has 2 N–H and O–H groups in total. The van der Waals surface area contributed by atoms with E-state index >= 15 is 0 Å². The molecular formula is C14H18BrNO2. The first-order valence-electron chi connectivity index (χ1n) is 6.27. The molecule has 98 valence electrons. The zero-order valence-electron chi connectivity index (χ0n) is 10.4. The number of aliphatic hydroxyl groups excluding tert-OH is 1. The molecule has 3 nitrogen and oxygen atoms in total. The summed E-state index contributed by atoms with van der Waals surface area (Å²) in [5.74, 6) is 0.283. The molecule has 0 radical (unpaired) electrons. The van der Waals surface area contributed by atoms with Gasteiger partial charge in [-0.15, -0.1) is 0 Å². The van der Waals surface area contributed by atoms with Gasteiger partial charge in [0.25, 0.3) is 0 Å². The quantitative estimate of drug-likeness (QED) is 0.898. The summed E-state index contributed by atoms with van der Waals surface area (Å²) in [7, 11) is 0. The van der Waals surface area contributed by atoms with Crippen molar-refractivity contribution >= 4 is 21.8 Å². The van der Waals surface area contributed by atoms with Crippen LogP contribution in [0.15, 0.2) is 28.7 Å². The Bertz CT molecular complexity index is 412. The van der Waals surface area contributed by atoms with Crippen LogP contribution in [-0.4, -0.2) is 23.2 Å². The minimum atomic E-state index is -0.223. The van der Waals surface area contributed by atoms with Crippen molar-refractivity contribution < 1.29 is 9.90 Å². The molecule has 1 atom stereocenters. The number of carbonyl (C=O) groups excluding carboxylic acids is 1. The molecule has 0 aliphatic heterocycles. The van der Waals surface area contributed by atoms with Gasteiger partial charge >= 0.3 is 0 Å². The summed E-state index contributed by atoms with van der Waals surface area (Å²) in [6.45, 7) is 2.05. The standard InChI is InChI=1S/C14H18BrNO2/c1-9(10-2-4-11(15)5-3-10)6-14(18)16-12-7-13(17)8-12/h2-5,9,12-13,17H,6-8H2,1H3,(H,16,18). The highest BCUT2D eigenvalue weighted by Gasteiger charge is 2.28. The molecule has 0 spiro atoms. The SMILES string of the molecule is CC(CC(=O)NC1CC(O)C1)c1ccc(Br)cc1. The Morgan fingerprint density at radius 2 is 2.06 bits per heavy atom. The van der Waals surface area contributed by atoms with Crippen molar-refractivity contribution in [1.29, 1.82) is 0 Å². The zero-order valence-corrected chi connectivity index (χ0v) is 12.0. The van der Waals surface area contributed by atoms with Crippen molar-refractivity contribution in [2.75, 3.05) is 0 Å². The third kappa shape index (κ3) is 3.56. The molecule has 2 rings (SSSR count). The lowest BCUT2D eigenvalue weighted by atomic mass is 9.89. The van der Waals surface area contributed by atoms with Crippen LogP contribution in [0.25, 0.3) is 0 Å². The van der Waals surface area contributed by atoms with Gasteiger partial charge in [-0.25, -0.2) is 0 Å². The lowest BCUT2D eigenvalue weighted by molar-refractivity contribution is -0.123. The van der Waals surface area contributed by atoms with E-state index in [9.17, 15) is 4.79 Å². The van der Waals surface area contributed by atoms with E-state index in [1.807, 2.05) is 24.3 Å². The Morgan fingerprint density at radius 1 is 1.44 bits per heavy atom. The van der Waals surface area contributed by atoms with E-state index in [4.69, 9.17) is 5.11 Å². The van der Waals surface area contributed by atoms with Crippen LogP contribution in [0, 0.1) is 0 Å². The summed E-state index contributed by atoms with van der Waals surface area (Å²) in [4.78, 5) is 11.8. The molecule has 18 heavy (non-hydrogen) atoms. The van der Waals surface area contributed by atoms with Gasteiger partial charge in [-0.05, 0) is 36.5 Å². The van der Waals surface area contributed by atoms with Crippen molar-refractivity contribution in [3.05, 3.63) is 34.3 Å². The minimum Gasteiger partial charge on any atom is -0.393 e. The second kappa shape index (κ2) is 5.85. The van der Waals surface area contributed by atoms with Gasteiger partial charge in [-0.1, -0.05) is 35.0 Å². The molecule has 1 saturated carbocycles. The fourth-order valence-corrected chi connectivity index (χ4v) is 2.44. The van der Waals surface area contributed by atoms with Gasteiger partial charge < -0.3 is 10.4 Å². The Hall–Kier alpha value is -0.870. The number of nitrogens with one attached hydrogen (secondary N) is 1. The third-order valence-corrected chi connectivity index (χ3v) is 3.94. The van der Waals surface area contributed by atoms with Crippen LogP contribution in [0.5, 0.6) is 0 Å². The van der Waals surface area contributed by atoms with Crippen molar-refractivity contribution in [3.8, 4) is 0 Å². The third-order valence-electron chi connectivity index (χ3n) is 3.41. The molecule has 1 aromatic carbocycles. The van der Waals surface area contributed by atoms with Gasteiger partial charge in [-0.3, -0.25) is 4.79 Å². The maximum atomic E-state index is 11.8. The molecule has 1 aliphatic carbocycles. The van der Waals surface area contributed by atoms with Gasteiger partial charge in [-0.2, -0.15) is 0 Å². The van der Waals surface area contributed by atoms with Crippen LogP contribution in [0.4, 0.5) is 0 Å². The van der Waals surface area contributed by atoms with Crippen molar-refractivity contribution in [1.82, 2.24) is 5.32 Å². The lowest BCUT2D eigenvalue weighted by Gasteiger charge is -2.32. The molecule has 0 saturated heterocycles. The van der Waals surface area contributed by atoms with Gasteiger partial charge in [0.2, 0.25) is 5.91 Å². The van der Waals surface area contributed by atoms with Crippen molar-refractivity contribution in [2.24, 2.45) is 0 Å². The number of hydrogen-bond acceptors (Lipinski definition) is 2. The number of halogens is 1. The highest BCUT2D eigenvalue weighted by molar-refractivity contribution is 9.10. The smallest absolute Gasteiger partial charge is 0.220 e. The normalized spacial score (nSPS) is 24.2. The van der Waals surface area contributed by atoms with E-state index in [2.05, 4.69) is 28.2 Å². The summed E-state index contributed by atoms with van der Waals surface area (Å²) < 4.78 is 1.05. The van der Waals surface area contributed by atoms with Gasteiger partial charge in [0.15, 0.2) is 0 Å². The monoisotopic (exact) mass is 311 g/mol. The molecule has 1 fully saturated rings. The van der Waals surface area contributed by atoms with E-state index in [1.54, 1.807) is 0 Å².